The third-order valence-electron chi connectivity index (χ3n) is 1.27. The van der Waals surface area contributed by atoms with Crippen molar-refractivity contribution in [2.24, 2.45) is 0 Å². The van der Waals surface area contributed by atoms with Crippen LogP contribution in [0.4, 0.5) is 0 Å². The fraction of sp³-hybridized carbons (Fsp3) is 0. The molecule has 0 fully saturated rings. The first-order chi connectivity index (χ1) is 5.75. The Kier molecular flexibility index (Phi) is 2.29. The molecule has 1 rings (SSSR count). The second-order valence-corrected chi connectivity index (χ2v) is 1.99. The molecule has 0 atom stereocenters. The maximum atomic E-state index is 10.5. The number of nitrogens with zero attached hydrogens (tertiary/aromatic N) is 1. The number of para-hydroxylation sites is 1. The SMILES string of the molecule is N#COc1ccccc1C(=O)O. The van der Waals surface area contributed by atoms with E-state index in [2.05, 4.69) is 4.74 Å². The number of hydrogen-bond donors (Lipinski definition) is 1. The van der Waals surface area contributed by atoms with Crippen LogP contribution in [0.25, 0.3) is 0 Å². The highest BCUT2D eigenvalue weighted by molar-refractivity contribution is 5.90. The molecule has 0 aliphatic carbocycles. The summed E-state index contributed by atoms with van der Waals surface area (Å²) in [7, 11) is 0. The van der Waals surface area contributed by atoms with E-state index < -0.39 is 5.97 Å². The van der Waals surface area contributed by atoms with Crippen molar-refractivity contribution < 1.29 is 14.6 Å². The Balaban J connectivity index is 3.10. The predicted octanol–water partition coefficient (Wildman–Crippen LogP) is 1.24. The van der Waals surface area contributed by atoms with Crippen molar-refractivity contribution in [3.63, 3.8) is 0 Å². The van der Waals surface area contributed by atoms with Gasteiger partial charge >= 0.3 is 5.97 Å². The maximum absolute atomic E-state index is 10.5. The van der Waals surface area contributed by atoms with E-state index in [0.29, 0.717) is 0 Å². The van der Waals surface area contributed by atoms with E-state index in [4.69, 9.17) is 10.4 Å². The van der Waals surface area contributed by atoms with E-state index in [9.17, 15) is 4.79 Å². The molecule has 0 aliphatic heterocycles. The number of rotatable bonds is 2. The van der Waals surface area contributed by atoms with Gasteiger partial charge in [-0.25, -0.2) is 4.79 Å². The van der Waals surface area contributed by atoms with Crippen molar-refractivity contribution in [2.75, 3.05) is 0 Å². The zero-order valence-corrected chi connectivity index (χ0v) is 6.02. The lowest BCUT2D eigenvalue weighted by molar-refractivity contribution is 0.0694. The number of ether oxygens (including phenoxy) is 1. The molecule has 1 N–H and O–H groups in total. The summed E-state index contributed by atoms with van der Waals surface area (Å²) in [4.78, 5) is 10.5. The van der Waals surface area contributed by atoms with E-state index >= 15 is 0 Å². The Morgan fingerprint density at radius 1 is 1.50 bits per heavy atom. The number of hydrogen-bond acceptors (Lipinski definition) is 3. The largest absolute Gasteiger partial charge is 0.478 e. The van der Waals surface area contributed by atoms with Crippen LogP contribution in [-0.4, -0.2) is 11.1 Å². The topological polar surface area (TPSA) is 70.3 Å². The Morgan fingerprint density at radius 3 is 2.75 bits per heavy atom. The smallest absolute Gasteiger partial charge is 0.339 e. The second kappa shape index (κ2) is 3.39. The predicted molar refractivity (Wildman–Crippen MR) is 39.6 cm³/mol. The Bertz CT molecular complexity index is 340. The van der Waals surface area contributed by atoms with Crippen molar-refractivity contribution >= 4 is 5.97 Å². The van der Waals surface area contributed by atoms with E-state index in [0.717, 1.165) is 0 Å². The zero-order valence-electron chi connectivity index (χ0n) is 6.02. The van der Waals surface area contributed by atoms with Gasteiger partial charge in [0.25, 0.3) is 6.26 Å². The molecule has 1 aromatic rings. The number of benzene rings is 1. The molecule has 0 amide bonds. The third-order valence-corrected chi connectivity index (χ3v) is 1.27. The maximum Gasteiger partial charge on any atom is 0.339 e. The summed E-state index contributed by atoms with van der Waals surface area (Å²) in [5.41, 5.74) is -0.0148. The summed E-state index contributed by atoms with van der Waals surface area (Å²) in [6.45, 7) is 0. The lowest BCUT2D eigenvalue weighted by Crippen LogP contribution is -1.99. The van der Waals surface area contributed by atoms with E-state index in [1.54, 1.807) is 12.1 Å². The molecule has 1 aromatic carbocycles. The van der Waals surface area contributed by atoms with Gasteiger partial charge in [-0.1, -0.05) is 12.1 Å². The number of nitriles is 1. The van der Waals surface area contributed by atoms with E-state index in [1.165, 1.54) is 18.4 Å². The lowest BCUT2D eigenvalue weighted by atomic mass is 10.2. The lowest BCUT2D eigenvalue weighted by Gasteiger charge is -1.99. The van der Waals surface area contributed by atoms with Gasteiger partial charge in [0.1, 0.15) is 5.56 Å². The molecule has 0 aromatic heterocycles. The number of carboxylic acid groups (broad SMARTS) is 1. The molecule has 0 aliphatic rings. The summed E-state index contributed by atoms with van der Waals surface area (Å²) < 4.78 is 4.42. The Morgan fingerprint density at radius 2 is 2.17 bits per heavy atom. The van der Waals surface area contributed by atoms with Gasteiger partial charge in [0.15, 0.2) is 5.75 Å². The second-order valence-electron chi connectivity index (χ2n) is 1.99. The minimum Gasteiger partial charge on any atom is -0.478 e. The van der Waals surface area contributed by atoms with Crippen LogP contribution in [-0.2, 0) is 0 Å². The van der Waals surface area contributed by atoms with Crippen molar-refractivity contribution in [1.29, 1.82) is 5.26 Å². The van der Waals surface area contributed by atoms with Crippen LogP contribution >= 0.6 is 0 Å². The van der Waals surface area contributed by atoms with Crippen molar-refractivity contribution in [3.8, 4) is 12.0 Å². The number of carbonyl (C=O) groups is 1. The first-order valence-electron chi connectivity index (χ1n) is 3.14. The first-order valence-corrected chi connectivity index (χ1v) is 3.14. The minimum absolute atomic E-state index is 0.0148. The van der Waals surface area contributed by atoms with Gasteiger partial charge in [0.05, 0.1) is 0 Å². The molecule has 0 bridgehead atoms. The molecule has 0 radical (unpaired) electrons. The highest BCUT2D eigenvalue weighted by Crippen LogP contribution is 2.16. The van der Waals surface area contributed by atoms with Crippen LogP contribution in [0.15, 0.2) is 24.3 Å². The van der Waals surface area contributed by atoms with Gasteiger partial charge in [-0.2, -0.15) is 0 Å². The molecule has 4 nitrogen and oxygen atoms in total. The summed E-state index contributed by atoms with van der Waals surface area (Å²) in [6, 6.07) is 5.95. The molecular formula is C8H5NO3. The third kappa shape index (κ3) is 1.52. The van der Waals surface area contributed by atoms with Crippen LogP contribution in [0, 0.1) is 11.5 Å². The summed E-state index contributed by atoms with van der Waals surface area (Å²) in [6.07, 6.45) is 1.42. The molecule has 0 saturated carbocycles. The van der Waals surface area contributed by atoms with Gasteiger partial charge in [-0.05, 0) is 12.1 Å². The summed E-state index contributed by atoms with van der Waals surface area (Å²) in [5, 5.41) is 16.8. The molecule has 12 heavy (non-hydrogen) atoms. The van der Waals surface area contributed by atoms with E-state index in [-0.39, 0.29) is 11.3 Å². The monoisotopic (exact) mass is 163 g/mol. The van der Waals surface area contributed by atoms with E-state index in [1.807, 2.05) is 0 Å². The molecule has 60 valence electrons. The Labute approximate surface area is 68.6 Å². The van der Waals surface area contributed by atoms with Crippen LogP contribution in [0.5, 0.6) is 5.75 Å². The van der Waals surface area contributed by atoms with Gasteiger partial charge in [0, 0.05) is 0 Å². The molecular weight excluding hydrogens is 158 g/mol. The highest BCUT2D eigenvalue weighted by Gasteiger charge is 2.09. The highest BCUT2D eigenvalue weighted by atomic mass is 16.5. The zero-order chi connectivity index (χ0) is 8.97. The molecule has 0 saturated heterocycles. The van der Waals surface area contributed by atoms with Gasteiger partial charge in [-0.3, -0.25) is 0 Å². The minimum atomic E-state index is -1.11. The average Bonchev–Trinajstić information content (AvgIpc) is 2.05. The fourth-order valence-electron chi connectivity index (χ4n) is 0.781. The molecule has 4 heteroatoms. The quantitative estimate of drug-likeness (QED) is 0.666. The van der Waals surface area contributed by atoms with Gasteiger partial charge in [-0.15, -0.1) is 5.26 Å². The van der Waals surface area contributed by atoms with Crippen LogP contribution in [0.3, 0.4) is 0 Å². The first kappa shape index (κ1) is 8.08. The number of aromatic carboxylic acids is 1. The van der Waals surface area contributed by atoms with Crippen molar-refractivity contribution in [1.82, 2.24) is 0 Å². The van der Waals surface area contributed by atoms with Crippen LogP contribution < -0.4 is 4.74 Å². The standard InChI is InChI=1S/C8H5NO3/c9-5-12-7-4-2-1-3-6(7)8(10)11/h1-4H,(H,10,11). The molecule has 0 spiro atoms. The Hall–Kier alpha value is -2.02. The van der Waals surface area contributed by atoms with Crippen molar-refractivity contribution in [2.45, 2.75) is 0 Å². The van der Waals surface area contributed by atoms with Crippen LogP contribution in [0.2, 0.25) is 0 Å². The molecule has 0 unspecified atom stereocenters. The van der Waals surface area contributed by atoms with Crippen LogP contribution in [0.1, 0.15) is 10.4 Å². The average molecular weight is 163 g/mol. The number of carboxylic acids is 1. The normalized spacial score (nSPS) is 8.58. The van der Waals surface area contributed by atoms with Gasteiger partial charge < -0.3 is 9.84 Å². The molecule has 0 heterocycles. The summed E-state index contributed by atoms with van der Waals surface area (Å²) >= 11 is 0. The van der Waals surface area contributed by atoms with Crippen molar-refractivity contribution in [3.05, 3.63) is 29.8 Å². The summed E-state index contributed by atoms with van der Waals surface area (Å²) in [5.74, 6) is -1.05. The van der Waals surface area contributed by atoms with Gasteiger partial charge in [0.2, 0.25) is 0 Å². The fourth-order valence-corrected chi connectivity index (χ4v) is 0.781.